The summed E-state index contributed by atoms with van der Waals surface area (Å²) in [4.78, 5) is 12.4. The Morgan fingerprint density at radius 2 is 2.07 bits per heavy atom. The number of hydrogen-bond acceptors (Lipinski definition) is 4. The van der Waals surface area contributed by atoms with Crippen molar-refractivity contribution in [3.63, 3.8) is 0 Å². The van der Waals surface area contributed by atoms with Gasteiger partial charge in [-0.2, -0.15) is 0 Å². The maximum absolute atomic E-state index is 12.4. The van der Waals surface area contributed by atoms with Gasteiger partial charge in [-0.25, -0.2) is 4.79 Å². The number of rotatable bonds is 8. The SMILES string of the molecule is CCC(CCCc1c(O)cc(CC2CCCOC2)oc1=O)c1ccccc1. The Labute approximate surface area is 161 Å². The normalized spacial score (nSPS) is 18.3. The van der Waals surface area contributed by atoms with Crippen molar-refractivity contribution in [1.82, 2.24) is 0 Å². The van der Waals surface area contributed by atoms with Crippen molar-refractivity contribution in [3.8, 4) is 5.75 Å². The molecule has 146 valence electrons. The number of benzene rings is 1. The van der Waals surface area contributed by atoms with Gasteiger partial charge in [0.05, 0.1) is 5.56 Å². The summed E-state index contributed by atoms with van der Waals surface area (Å²) in [5, 5.41) is 10.3. The third-order valence-corrected chi connectivity index (χ3v) is 5.56. The average molecular weight is 370 g/mol. The second-order valence-electron chi connectivity index (χ2n) is 7.56. The molecule has 1 aromatic carbocycles. The second-order valence-corrected chi connectivity index (χ2v) is 7.56. The van der Waals surface area contributed by atoms with E-state index in [0.29, 0.717) is 42.6 Å². The smallest absolute Gasteiger partial charge is 0.342 e. The summed E-state index contributed by atoms with van der Waals surface area (Å²) in [6.45, 7) is 3.70. The lowest BCUT2D eigenvalue weighted by atomic mass is 9.90. The molecular formula is C23H30O4. The summed E-state index contributed by atoms with van der Waals surface area (Å²) >= 11 is 0. The summed E-state index contributed by atoms with van der Waals surface area (Å²) in [7, 11) is 0. The van der Waals surface area contributed by atoms with Crippen LogP contribution in [0.15, 0.2) is 45.6 Å². The fourth-order valence-corrected chi connectivity index (χ4v) is 3.99. The second kappa shape index (κ2) is 9.75. The third-order valence-electron chi connectivity index (χ3n) is 5.56. The van der Waals surface area contributed by atoms with E-state index in [0.717, 1.165) is 38.7 Å². The molecule has 2 aromatic rings. The first kappa shape index (κ1) is 19.7. The highest BCUT2D eigenvalue weighted by atomic mass is 16.5. The predicted octanol–water partition coefficient (Wildman–Crippen LogP) is 4.83. The summed E-state index contributed by atoms with van der Waals surface area (Å²) in [5.41, 5.74) is 1.34. The highest BCUT2D eigenvalue weighted by Crippen LogP contribution is 2.27. The van der Waals surface area contributed by atoms with Crippen molar-refractivity contribution in [2.24, 2.45) is 5.92 Å². The van der Waals surface area contributed by atoms with E-state index in [1.54, 1.807) is 6.07 Å². The van der Waals surface area contributed by atoms with Crippen LogP contribution in [0.4, 0.5) is 0 Å². The van der Waals surface area contributed by atoms with Gasteiger partial charge in [0.25, 0.3) is 0 Å². The zero-order chi connectivity index (χ0) is 19.1. The minimum atomic E-state index is -0.394. The van der Waals surface area contributed by atoms with Gasteiger partial charge < -0.3 is 14.3 Å². The summed E-state index contributed by atoms with van der Waals surface area (Å²) in [6.07, 6.45) is 6.21. The molecule has 1 aromatic heterocycles. The maximum atomic E-state index is 12.4. The molecule has 0 saturated carbocycles. The molecular weight excluding hydrogens is 340 g/mol. The summed E-state index contributed by atoms with van der Waals surface area (Å²) in [6, 6.07) is 12.1. The zero-order valence-corrected chi connectivity index (χ0v) is 16.2. The molecule has 3 rings (SSSR count). The van der Waals surface area contributed by atoms with Crippen LogP contribution in [0.3, 0.4) is 0 Å². The standard InChI is InChI=1S/C23H30O4/c1-2-18(19-9-4-3-5-10-19)11-6-12-21-22(24)15-20(27-23(21)25)14-17-8-7-13-26-16-17/h3-5,9-10,15,17-18,24H,2,6-8,11-14,16H2,1H3. The molecule has 1 aliphatic heterocycles. The Bertz CT molecular complexity index is 760. The Hall–Kier alpha value is -2.07. The third kappa shape index (κ3) is 5.46. The molecule has 1 aliphatic rings. The van der Waals surface area contributed by atoms with Gasteiger partial charge in [0.15, 0.2) is 0 Å². The van der Waals surface area contributed by atoms with Crippen molar-refractivity contribution in [2.45, 2.75) is 57.8 Å². The largest absolute Gasteiger partial charge is 0.507 e. The molecule has 0 aliphatic carbocycles. The van der Waals surface area contributed by atoms with Gasteiger partial charge in [-0.05, 0) is 55.9 Å². The molecule has 1 saturated heterocycles. The lowest BCUT2D eigenvalue weighted by Crippen LogP contribution is -2.20. The van der Waals surface area contributed by atoms with Gasteiger partial charge in [-0.15, -0.1) is 0 Å². The topological polar surface area (TPSA) is 59.7 Å². The fourth-order valence-electron chi connectivity index (χ4n) is 3.99. The van der Waals surface area contributed by atoms with E-state index >= 15 is 0 Å². The van der Waals surface area contributed by atoms with Crippen LogP contribution in [-0.4, -0.2) is 18.3 Å². The van der Waals surface area contributed by atoms with E-state index in [9.17, 15) is 9.90 Å². The Balaban J connectivity index is 1.59. The molecule has 0 bridgehead atoms. The molecule has 0 radical (unpaired) electrons. The van der Waals surface area contributed by atoms with Crippen molar-refractivity contribution in [3.05, 3.63) is 63.7 Å². The van der Waals surface area contributed by atoms with Crippen molar-refractivity contribution < 1.29 is 14.3 Å². The molecule has 2 heterocycles. The first-order chi connectivity index (χ1) is 13.2. The molecule has 27 heavy (non-hydrogen) atoms. The van der Waals surface area contributed by atoms with Crippen LogP contribution in [0.5, 0.6) is 5.75 Å². The van der Waals surface area contributed by atoms with Gasteiger partial charge in [0, 0.05) is 25.7 Å². The van der Waals surface area contributed by atoms with Crippen molar-refractivity contribution >= 4 is 0 Å². The molecule has 2 atom stereocenters. The zero-order valence-electron chi connectivity index (χ0n) is 16.2. The van der Waals surface area contributed by atoms with Crippen molar-refractivity contribution in [1.29, 1.82) is 0 Å². The van der Waals surface area contributed by atoms with E-state index in [4.69, 9.17) is 9.15 Å². The molecule has 4 heteroatoms. The van der Waals surface area contributed by atoms with E-state index in [1.165, 1.54) is 5.56 Å². The van der Waals surface area contributed by atoms with Gasteiger partial charge in [-0.1, -0.05) is 37.3 Å². The van der Waals surface area contributed by atoms with Crippen LogP contribution in [0, 0.1) is 5.92 Å². The first-order valence-electron chi connectivity index (χ1n) is 10.1. The Morgan fingerprint density at radius 3 is 2.74 bits per heavy atom. The highest BCUT2D eigenvalue weighted by Gasteiger charge is 2.18. The summed E-state index contributed by atoms with van der Waals surface area (Å²) < 4.78 is 11.0. The van der Waals surface area contributed by atoms with E-state index in [-0.39, 0.29) is 5.75 Å². The van der Waals surface area contributed by atoms with Gasteiger partial charge >= 0.3 is 5.63 Å². The Kier molecular flexibility index (Phi) is 7.11. The lowest BCUT2D eigenvalue weighted by Gasteiger charge is -2.21. The van der Waals surface area contributed by atoms with Gasteiger partial charge in [0.2, 0.25) is 0 Å². The number of aromatic hydroxyl groups is 1. The van der Waals surface area contributed by atoms with Crippen LogP contribution in [-0.2, 0) is 17.6 Å². The molecule has 2 unspecified atom stereocenters. The van der Waals surface area contributed by atoms with Crippen LogP contribution >= 0.6 is 0 Å². The van der Waals surface area contributed by atoms with Crippen molar-refractivity contribution in [2.75, 3.05) is 13.2 Å². The van der Waals surface area contributed by atoms with Gasteiger partial charge in [0.1, 0.15) is 11.5 Å². The first-order valence-corrected chi connectivity index (χ1v) is 10.1. The minimum absolute atomic E-state index is 0.0748. The van der Waals surface area contributed by atoms with Crippen LogP contribution in [0.25, 0.3) is 0 Å². The lowest BCUT2D eigenvalue weighted by molar-refractivity contribution is 0.0528. The highest BCUT2D eigenvalue weighted by molar-refractivity contribution is 5.30. The average Bonchev–Trinajstić information content (AvgIpc) is 2.68. The van der Waals surface area contributed by atoms with E-state index in [1.807, 2.05) is 6.07 Å². The Morgan fingerprint density at radius 1 is 1.26 bits per heavy atom. The van der Waals surface area contributed by atoms with Gasteiger partial charge in [-0.3, -0.25) is 0 Å². The monoisotopic (exact) mass is 370 g/mol. The van der Waals surface area contributed by atoms with E-state index < -0.39 is 5.63 Å². The predicted molar refractivity (Wildman–Crippen MR) is 106 cm³/mol. The summed E-state index contributed by atoms with van der Waals surface area (Å²) in [5.74, 6) is 1.48. The van der Waals surface area contributed by atoms with Crippen LogP contribution in [0.1, 0.15) is 61.8 Å². The van der Waals surface area contributed by atoms with E-state index in [2.05, 4.69) is 31.2 Å². The molecule has 1 fully saturated rings. The molecule has 1 N–H and O–H groups in total. The number of hydrogen-bond donors (Lipinski definition) is 1. The molecule has 0 spiro atoms. The maximum Gasteiger partial charge on any atom is 0.342 e. The van der Waals surface area contributed by atoms with Crippen LogP contribution in [0.2, 0.25) is 0 Å². The minimum Gasteiger partial charge on any atom is -0.507 e. The van der Waals surface area contributed by atoms with Crippen LogP contribution < -0.4 is 5.63 Å². The molecule has 4 nitrogen and oxygen atoms in total. The quantitative estimate of drug-likeness (QED) is 0.723. The number of ether oxygens (including phenoxy) is 1. The fraction of sp³-hybridized carbons (Fsp3) is 0.522. The molecule has 0 amide bonds.